The van der Waals surface area contributed by atoms with Gasteiger partial charge in [-0.15, -0.1) is 11.8 Å². The molecule has 0 aromatic carbocycles. The van der Waals surface area contributed by atoms with Gasteiger partial charge in [0.15, 0.2) is 0 Å². The lowest BCUT2D eigenvalue weighted by Gasteiger charge is -2.19. The zero-order valence-corrected chi connectivity index (χ0v) is 26.4. The maximum atomic E-state index is 12.5. The van der Waals surface area contributed by atoms with Crippen molar-refractivity contribution in [1.29, 1.82) is 0 Å². The fraction of sp³-hybridized carbons (Fsp3) is 0.862. The van der Waals surface area contributed by atoms with E-state index >= 15 is 0 Å². The lowest BCUT2D eigenvalue weighted by molar-refractivity contribution is -0.138. The number of carbonyl (C=O) groups excluding carboxylic acids is 4. The SMILES string of the molecule is CC(C)(C)CCC(=O)NCCCOCCOCCOCCCNC(=O)CCN1C(=O)CC(SCC(C)(C)C)C1=O. The molecule has 0 aliphatic carbocycles. The maximum absolute atomic E-state index is 12.5. The molecule has 40 heavy (non-hydrogen) atoms. The smallest absolute Gasteiger partial charge is 0.242 e. The van der Waals surface area contributed by atoms with Crippen LogP contribution in [0.2, 0.25) is 0 Å². The van der Waals surface area contributed by atoms with E-state index in [2.05, 4.69) is 52.2 Å². The molecule has 232 valence electrons. The Morgan fingerprint density at radius 2 is 1.30 bits per heavy atom. The summed E-state index contributed by atoms with van der Waals surface area (Å²) in [4.78, 5) is 49.8. The largest absolute Gasteiger partial charge is 0.379 e. The number of imide groups is 1. The fourth-order valence-corrected chi connectivity index (χ4v) is 4.82. The molecule has 1 aliphatic heterocycles. The lowest BCUT2D eigenvalue weighted by atomic mass is 9.90. The van der Waals surface area contributed by atoms with Crippen molar-refractivity contribution in [3.05, 3.63) is 0 Å². The molecule has 0 aromatic heterocycles. The molecule has 1 fully saturated rings. The Balaban J connectivity index is 1.91. The second kappa shape index (κ2) is 19.4. The Bertz CT molecular complexity index is 781. The number of carbonyl (C=O) groups is 4. The standard InChI is InChI=1S/C29H53N3O7S/c1-28(2,3)11-9-24(33)30-12-7-15-37-17-19-39-20-18-38-16-8-13-31-25(34)10-14-32-26(35)21-23(27(32)36)40-22-29(4,5)6/h23H,7-22H2,1-6H3,(H,30,33)(H,31,34). The van der Waals surface area contributed by atoms with Crippen LogP contribution >= 0.6 is 11.8 Å². The number of hydrogen-bond acceptors (Lipinski definition) is 8. The maximum Gasteiger partial charge on any atom is 0.242 e. The Morgan fingerprint density at radius 3 is 1.80 bits per heavy atom. The first-order valence-electron chi connectivity index (χ1n) is 14.5. The van der Waals surface area contributed by atoms with E-state index in [0.717, 1.165) is 18.6 Å². The van der Waals surface area contributed by atoms with Crippen molar-refractivity contribution in [2.24, 2.45) is 10.8 Å². The molecule has 0 aromatic rings. The molecular weight excluding hydrogens is 534 g/mol. The summed E-state index contributed by atoms with van der Waals surface area (Å²) in [6.07, 6.45) is 3.18. The van der Waals surface area contributed by atoms with Gasteiger partial charge in [0.1, 0.15) is 0 Å². The van der Waals surface area contributed by atoms with Crippen molar-refractivity contribution in [1.82, 2.24) is 15.5 Å². The van der Waals surface area contributed by atoms with Crippen LogP contribution in [0.5, 0.6) is 0 Å². The van der Waals surface area contributed by atoms with E-state index in [9.17, 15) is 19.2 Å². The van der Waals surface area contributed by atoms with Crippen molar-refractivity contribution >= 4 is 35.4 Å². The molecule has 0 bridgehead atoms. The van der Waals surface area contributed by atoms with Crippen molar-refractivity contribution < 1.29 is 33.4 Å². The highest BCUT2D eigenvalue weighted by Gasteiger charge is 2.39. The van der Waals surface area contributed by atoms with Crippen LogP contribution in [0, 0.1) is 10.8 Å². The number of hydrogen-bond donors (Lipinski definition) is 2. The van der Waals surface area contributed by atoms with Gasteiger partial charge in [-0.1, -0.05) is 41.5 Å². The minimum absolute atomic E-state index is 0.0847. The van der Waals surface area contributed by atoms with Gasteiger partial charge in [0.05, 0.1) is 31.7 Å². The van der Waals surface area contributed by atoms with Crippen LogP contribution in [0.4, 0.5) is 0 Å². The van der Waals surface area contributed by atoms with Crippen LogP contribution in [-0.4, -0.2) is 98.8 Å². The van der Waals surface area contributed by atoms with Crippen LogP contribution < -0.4 is 10.6 Å². The summed E-state index contributed by atoms with van der Waals surface area (Å²) in [5.74, 6) is 0.334. The predicted octanol–water partition coefficient (Wildman–Crippen LogP) is 3.17. The second-order valence-electron chi connectivity index (χ2n) is 12.5. The van der Waals surface area contributed by atoms with E-state index in [1.165, 1.54) is 16.7 Å². The van der Waals surface area contributed by atoms with Gasteiger partial charge in [0.25, 0.3) is 0 Å². The first kappa shape index (κ1) is 36.3. The highest BCUT2D eigenvalue weighted by atomic mass is 32.2. The van der Waals surface area contributed by atoms with Gasteiger partial charge in [0.2, 0.25) is 23.6 Å². The monoisotopic (exact) mass is 587 g/mol. The number of nitrogens with one attached hydrogen (secondary N) is 2. The lowest BCUT2D eigenvalue weighted by Crippen LogP contribution is -2.36. The van der Waals surface area contributed by atoms with Gasteiger partial charge >= 0.3 is 0 Å². The summed E-state index contributed by atoms with van der Waals surface area (Å²) in [7, 11) is 0. The summed E-state index contributed by atoms with van der Waals surface area (Å²) in [5, 5.41) is 5.38. The molecule has 0 radical (unpaired) electrons. The molecule has 1 unspecified atom stereocenters. The molecular formula is C29H53N3O7S. The van der Waals surface area contributed by atoms with E-state index < -0.39 is 0 Å². The molecule has 1 rings (SSSR count). The third-order valence-corrected chi connectivity index (χ3v) is 7.71. The molecule has 10 nitrogen and oxygen atoms in total. The summed E-state index contributed by atoms with van der Waals surface area (Å²) in [5.41, 5.74) is 0.252. The Hall–Kier alpha value is -1.69. The van der Waals surface area contributed by atoms with Crippen LogP contribution in [-0.2, 0) is 33.4 Å². The molecule has 1 heterocycles. The van der Waals surface area contributed by atoms with E-state index in [1.54, 1.807) is 0 Å². The molecule has 0 spiro atoms. The fourth-order valence-electron chi connectivity index (χ4n) is 3.59. The minimum atomic E-state index is -0.336. The first-order valence-corrected chi connectivity index (χ1v) is 15.6. The van der Waals surface area contributed by atoms with Gasteiger partial charge in [-0.05, 0) is 35.8 Å². The molecule has 1 aliphatic rings. The van der Waals surface area contributed by atoms with E-state index in [1.807, 2.05) is 0 Å². The highest BCUT2D eigenvalue weighted by Crippen LogP contribution is 2.30. The number of nitrogens with zero attached hydrogens (tertiary/aromatic N) is 1. The Kier molecular flexibility index (Phi) is 17.7. The molecule has 2 N–H and O–H groups in total. The van der Waals surface area contributed by atoms with Crippen LogP contribution in [0.25, 0.3) is 0 Å². The molecule has 1 atom stereocenters. The summed E-state index contributed by atoms with van der Waals surface area (Å²) in [6.45, 7) is 16.9. The molecule has 11 heteroatoms. The third kappa shape index (κ3) is 18.6. The number of likely N-dealkylation sites (tertiary alicyclic amines) is 1. The number of rotatable bonds is 21. The Morgan fingerprint density at radius 1 is 0.800 bits per heavy atom. The van der Waals surface area contributed by atoms with Crippen LogP contribution in [0.3, 0.4) is 0 Å². The summed E-state index contributed by atoms with van der Waals surface area (Å²) in [6, 6.07) is 0. The van der Waals surface area contributed by atoms with Crippen molar-refractivity contribution in [3.8, 4) is 0 Å². The summed E-state index contributed by atoms with van der Waals surface area (Å²) >= 11 is 1.52. The van der Waals surface area contributed by atoms with Crippen molar-refractivity contribution in [3.63, 3.8) is 0 Å². The number of amides is 4. The molecule has 1 saturated heterocycles. The Labute approximate surface area is 245 Å². The average Bonchev–Trinajstić information content (AvgIpc) is 3.13. The third-order valence-electron chi connectivity index (χ3n) is 5.90. The van der Waals surface area contributed by atoms with Crippen LogP contribution in [0.1, 0.15) is 80.1 Å². The zero-order valence-electron chi connectivity index (χ0n) is 25.6. The summed E-state index contributed by atoms with van der Waals surface area (Å²) < 4.78 is 16.5. The van der Waals surface area contributed by atoms with E-state index in [0.29, 0.717) is 65.6 Å². The minimum Gasteiger partial charge on any atom is -0.379 e. The quantitative estimate of drug-likeness (QED) is 0.155. The number of thioether (sulfide) groups is 1. The van der Waals surface area contributed by atoms with Gasteiger partial charge in [-0.2, -0.15) is 0 Å². The average molecular weight is 588 g/mol. The second-order valence-corrected chi connectivity index (χ2v) is 13.7. The molecule has 0 saturated carbocycles. The normalized spacial score (nSPS) is 16.1. The van der Waals surface area contributed by atoms with Gasteiger partial charge in [-0.3, -0.25) is 24.1 Å². The van der Waals surface area contributed by atoms with Gasteiger partial charge < -0.3 is 24.8 Å². The van der Waals surface area contributed by atoms with Crippen molar-refractivity contribution in [2.45, 2.75) is 85.3 Å². The van der Waals surface area contributed by atoms with Crippen LogP contribution in [0.15, 0.2) is 0 Å². The van der Waals surface area contributed by atoms with E-state index in [4.69, 9.17) is 14.2 Å². The number of ether oxygens (including phenoxy) is 3. The van der Waals surface area contributed by atoms with Gasteiger partial charge in [0, 0.05) is 52.1 Å². The van der Waals surface area contributed by atoms with Crippen molar-refractivity contribution in [2.75, 3.05) is 65.0 Å². The topological polar surface area (TPSA) is 123 Å². The zero-order chi connectivity index (χ0) is 30.0. The van der Waals surface area contributed by atoms with Gasteiger partial charge in [-0.25, -0.2) is 0 Å². The first-order chi connectivity index (χ1) is 18.8. The van der Waals surface area contributed by atoms with E-state index in [-0.39, 0.29) is 59.1 Å². The highest BCUT2D eigenvalue weighted by molar-refractivity contribution is 8.00. The molecule has 4 amide bonds. The predicted molar refractivity (Wildman–Crippen MR) is 158 cm³/mol.